The number of anilines is 1. The van der Waals surface area contributed by atoms with Crippen molar-refractivity contribution >= 4 is 27.8 Å². The van der Waals surface area contributed by atoms with Crippen molar-refractivity contribution in [2.75, 3.05) is 11.9 Å². The molecule has 2 atom stereocenters. The van der Waals surface area contributed by atoms with Crippen molar-refractivity contribution in [2.45, 2.75) is 33.3 Å². The van der Waals surface area contributed by atoms with Crippen LogP contribution in [0.5, 0.6) is 0 Å². The fraction of sp³-hybridized carbons (Fsp3) is 0.444. The van der Waals surface area contributed by atoms with Gasteiger partial charge < -0.3 is 10.4 Å². The second-order valence-electron chi connectivity index (χ2n) is 6.46. The molecule has 25 heavy (non-hydrogen) atoms. The van der Waals surface area contributed by atoms with Crippen LogP contribution in [0, 0.1) is 12.8 Å². The molecule has 2 rings (SSSR count). The number of hydrogen-bond acceptors (Lipinski definition) is 3. The number of amides is 2. The topological polar surface area (TPSA) is 79.2 Å². The minimum absolute atomic E-state index is 0.199. The molecule has 0 radical (unpaired) electrons. The molecule has 0 saturated carbocycles. The lowest BCUT2D eigenvalue weighted by molar-refractivity contribution is 0.163. The number of carbonyl (C=O) groups is 1. The molecule has 2 amide bonds. The van der Waals surface area contributed by atoms with Crippen molar-refractivity contribution < 1.29 is 9.90 Å². The van der Waals surface area contributed by atoms with Crippen molar-refractivity contribution in [1.82, 2.24) is 15.1 Å². The lowest BCUT2D eigenvalue weighted by Gasteiger charge is -2.15. The Morgan fingerprint density at radius 2 is 1.96 bits per heavy atom. The van der Waals surface area contributed by atoms with E-state index in [4.69, 9.17) is 0 Å². The summed E-state index contributed by atoms with van der Waals surface area (Å²) in [5, 5.41) is 19.6. The van der Waals surface area contributed by atoms with Gasteiger partial charge >= 0.3 is 6.03 Å². The van der Waals surface area contributed by atoms with Gasteiger partial charge in [0.25, 0.3) is 0 Å². The summed E-state index contributed by atoms with van der Waals surface area (Å²) >= 11 is 3.43. The third kappa shape index (κ3) is 5.31. The largest absolute Gasteiger partial charge is 0.393 e. The maximum Gasteiger partial charge on any atom is 0.320 e. The second-order valence-corrected chi connectivity index (χ2v) is 7.38. The summed E-state index contributed by atoms with van der Waals surface area (Å²) in [4.78, 5) is 12.3. The molecule has 0 saturated heterocycles. The zero-order valence-corrected chi connectivity index (χ0v) is 16.6. The Labute approximate surface area is 156 Å². The molecule has 3 N–H and O–H groups in total. The van der Waals surface area contributed by atoms with Crippen molar-refractivity contribution in [2.24, 2.45) is 13.0 Å². The average Bonchev–Trinajstić information content (AvgIpc) is 2.80. The van der Waals surface area contributed by atoms with E-state index >= 15 is 0 Å². The van der Waals surface area contributed by atoms with Gasteiger partial charge in [0.2, 0.25) is 0 Å². The predicted molar refractivity (Wildman–Crippen MR) is 104 cm³/mol. The lowest BCUT2D eigenvalue weighted by Crippen LogP contribution is -2.33. The summed E-state index contributed by atoms with van der Waals surface area (Å²) < 4.78 is 2.67. The Bertz CT molecular complexity index is 725. The van der Waals surface area contributed by atoms with E-state index in [1.807, 2.05) is 38.1 Å². The molecule has 1 aromatic heterocycles. The van der Waals surface area contributed by atoms with Crippen LogP contribution < -0.4 is 10.6 Å². The third-order valence-corrected chi connectivity index (χ3v) is 4.47. The molecule has 0 aliphatic heterocycles. The number of rotatable bonds is 6. The molecule has 0 fully saturated rings. The normalized spacial score (nSPS) is 13.4. The Balaban J connectivity index is 2.11. The summed E-state index contributed by atoms with van der Waals surface area (Å²) in [6, 6.07) is 7.62. The second kappa shape index (κ2) is 8.49. The number of aromatic nitrogens is 2. The van der Waals surface area contributed by atoms with Crippen molar-refractivity contribution in [3.05, 3.63) is 34.4 Å². The smallest absolute Gasteiger partial charge is 0.320 e. The first kappa shape index (κ1) is 19.5. The zero-order chi connectivity index (χ0) is 18.6. The Morgan fingerprint density at radius 1 is 1.32 bits per heavy atom. The van der Waals surface area contributed by atoms with E-state index < -0.39 is 0 Å². The van der Waals surface area contributed by atoms with E-state index in [2.05, 4.69) is 31.7 Å². The first-order valence-corrected chi connectivity index (χ1v) is 9.09. The first-order chi connectivity index (χ1) is 11.8. The van der Waals surface area contributed by atoms with Gasteiger partial charge in [0, 0.05) is 23.6 Å². The summed E-state index contributed by atoms with van der Waals surface area (Å²) in [6.07, 6.45) is 0.276. The van der Waals surface area contributed by atoms with E-state index in [-0.39, 0.29) is 18.1 Å². The van der Waals surface area contributed by atoms with Gasteiger partial charge in [0.05, 0.1) is 11.8 Å². The van der Waals surface area contributed by atoms with E-state index in [0.717, 1.165) is 21.3 Å². The number of aliphatic hydroxyl groups is 1. The molecule has 1 heterocycles. The van der Waals surface area contributed by atoms with Crippen LogP contribution in [0.2, 0.25) is 0 Å². The number of aliphatic hydroxyl groups excluding tert-OH is 1. The number of carbonyl (C=O) groups excluding carboxylic acids is 1. The Morgan fingerprint density at radius 3 is 2.56 bits per heavy atom. The molecule has 0 bridgehead atoms. The molecule has 0 unspecified atom stereocenters. The van der Waals surface area contributed by atoms with Crippen molar-refractivity contribution in [3.8, 4) is 11.1 Å². The summed E-state index contributed by atoms with van der Waals surface area (Å²) in [5.41, 5.74) is 2.75. The van der Waals surface area contributed by atoms with Gasteiger partial charge in [-0.05, 0) is 43.9 Å². The summed E-state index contributed by atoms with van der Waals surface area (Å²) in [6.45, 7) is 6.17. The molecular weight excluding hydrogens is 384 g/mol. The molecular formula is C18H25BrN4O2. The third-order valence-electron chi connectivity index (χ3n) is 3.94. The van der Waals surface area contributed by atoms with Crippen molar-refractivity contribution in [3.63, 3.8) is 0 Å². The highest BCUT2D eigenvalue weighted by atomic mass is 79.9. The van der Waals surface area contributed by atoms with E-state index in [9.17, 15) is 9.90 Å². The summed E-state index contributed by atoms with van der Waals surface area (Å²) in [7, 11) is 1.81. The molecule has 0 spiro atoms. The minimum atomic E-state index is -0.372. The quantitative estimate of drug-likeness (QED) is 0.681. The summed E-state index contributed by atoms with van der Waals surface area (Å²) in [5.74, 6) is 0.852. The van der Waals surface area contributed by atoms with Gasteiger partial charge in [0.15, 0.2) is 0 Å². The number of nitrogens with zero attached hydrogens (tertiary/aromatic N) is 2. The number of hydrogen-bond donors (Lipinski definition) is 3. The van der Waals surface area contributed by atoms with Crippen molar-refractivity contribution in [1.29, 1.82) is 0 Å². The molecule has 2 aromatic rings. The lowest BCUT2D eigenvalue weighted by atomic mass is 10.1. The number of urea groups is 1. The predicted octanol–water partition coefficient (Wildman–Crippen LogP) is 3.69. The molecule has 136 valence electrons. The van der Waals surface area contributed by atoms with Crippen LogP contribution in [0.4, 0.5) is 10.6 Å². The number of halogens is 1. The number of benzene rings is 1. The van der Waals surface area contributed by atoms with Crippen LogP contribution in [-0.2, 0) is 7.05 Å². The monoisotopic (exact) mass is 408 g/mol. The number of aryl methyl sites for hydroxylation is 2. The van der Waals surface area contributed by atoms with Crippen LogP contribution in [-0.4, -0.2) is 33.6 Å². The fourth-order valence-corrected chi connectivity index (χ4v) is 3.11. The maximum absolute atomic E-state index is 12.3. The van der Waals surface area contributed by atoms with Gasteiger partial charge in [0.1, 0.15) is 5.82 Å². The van der Waals surface area contributed by atoms with Crippen LogP contribution in [0.1, 0.15) is 26.0 Å². The standard InChI is InChI=1S/C18H25BrN4O2/c1-11(9-12(2)24)10-20-18(25)21-17-16(13(3)22-23(17)4)14-5-7-15(19)8-6-14/h5-8,11-12,24H,9-10H2,1-4H3,(H2,20,21,25)/t11-,12-/m1/s1. The van der Waals surface area contributed by atoms with Gasteiger partial charge in [-0.3, -0.25) is 10.00 Å². The Kier molecular flexibility index (Phi) is 6.61. The van der Waals surface area contributed by atoms with Gasteiger partial charge in [-0.1, -0.05) is 35.0 Å². The molecule has 6 nitrogen and oxygen atoms in total. The SMILES string of the molecule is Cc1nn(C)c(NC(=O)NC[C@H](C)C[C@@H](C)O)c1-c1ccc(Br)cc1. The molecule has 0 aliphatic rings. The maximum atomic E-state index is 12.3. The van der Waals surface area contributed by atoms with Gasteiger partial charge in [-0.15, -0.1) is 0 Å². The minimum Gasteiger partial charge on any atom is -0.393 e. The van der Waals surface area contributed by atoms with E-state index in [0.29, 0.717) is 18.8 Å². The Hall–Kier alpha value is -1.86. The van der Waals surface area contributed by atoms with E-state index in [1.165, 1.54) is 0 Å². The molecule has 0 aliphatic carbocycles. The molecule has 7 heteroatoms. The fourth-order valence-electron chi connectivity index (χ4n) is 2.85. The highest BCUT2D eigenvalue weighted by molar-refractivity contribution is 9.10. The first-order valence-electron chi connectivity index (χ1n) is 8.30. The number of nitrogens with one attached hydrogen (secondary N) is 2. The van der Waals surface area contributed by atoms with E-state index in [1.54, 1.807) is 18.7 Å². The highest BCUT2D eigenvalue weighted by Gasteiger charge is 2.17. The van der Waals surface area contributed by atoms with Crippen LogP contribution in [0.3, 0.4) is 0 Å². The van der Waals surface area contributed by atoms with Crippen LogP contribution in [0.15, 0.2) is 28.7 Å². The van der Waals surface area contributed by atoms with Crippen LogP contribution in [0.25, 0.3) is 11.1 Å². The zero-order valence-electron chi connectivity index (χ0n) is 15.0. The average molecular weight is 409 g/mol. The van der Waals surface area contributed by atoms with Gasteiger partial charge in [-0.25, -0.2) is 4.79 Å². The van der Waals surface area contributed by atoms with Crippen LogP contribution >= 0.6 is 15.9 Å². The molecule has 1 aromatic carbocycles. The highest BCUT2D eigenvalue weighted by Crippen LogP contribution is 2.31. The van der Waals surface area contributed by atoms with Gasteiger partial charge in [-0.2, -0.15) is 5.10 Å².